The zero-order chi connectivity index (χ0) is 20.3. The first kappa shape index (κ1) is 19.5. The number of hydrogen-bond donors (Lipinski definition) is 1. The van der Waals surface area contributed by atoms with E-state index in [2.05, 4.69) is 5.32 Å². The van der Waals surface area contributed by atoms with Gasteiger partial charge in [0, 0.05) is 5.56 Å². The van der Waals surface area contributed by atoms with Gasteiger partial charge in [-0.2, -0.15) is 0 Å². The van der Waals surface area contributed by atoms with Crippen molar-refractivity contribution in [2.45, 2.75) is 50.4 Å². The molecule has 2 aliphatic rings. The van der Waals surface area contributed by atoms with Crippen molar-refractivity contribution < 1.29 is 23.5 Å². The summed E-state index contributed by atoms with van der Waals surface area (Å²) in [5, 5.41) is 2.88. The van der Waals surface area contributed by atoms with E-state index in [-0.39, 0.29) is 25.0 Å². The molecule has 154 valence electrons. The fraction of sp³-hybridized carbons (Fsp3) is 0.455. The van der Waals surface area contributed by atoms with Crippen molar-refractivity contribution in [1.82, 2.24) is 10.2 Å². The number of methoxy groups -OCH3 is 1. The molecule has 1 atom stereocenters. The molecule has 1 aliphatic carbocycles. The molecule has 7 heteroatoms. The van der Waals surface area contributed by atoms with E-state index in [4.69, 9.17) is 13.9 Å². The van der Waals surface area contributed by atoms with Gasteiger partial charge in [-0.15, -0.1) is 0 Å². The maximum atomic E-state index is 13.5. The van der Waals surface area contributed by atoms with Crippen molar-refractivity contribution in [1.29, 1.82) is 0 Å². The Hall–Kier alpha value is -2.80. The largest absolute Gasteiger partial charge is 0.497 e. The predicted octanol–water partition coefficient (Wildman–Crippen LogP) is 3.11. The first-order valence-electron chi connectivity index (χ1n) is 10.0. The van der Waals surface area contributed by atoms with E-state index in [9.17, 15) is 9.59 Å². The molecule has 4 rings (SSSR count). The molecular formula is C22H26N2O5. The van der Waals surface area contributed by atoms with E-state index in [0.29, 0.717) is 17.1 Å². The molecule has 1 aromatic heterocycles. The molecule has 2 heterocycles. The lowest BCUT2D eigenvalue weighted by atomic mass is 9.89. The van der Waals surface area contributed by atoms with E-state index in [1.165, 1.54) is 0 Å². The van der Waals surface area contributed by atoms with Gasteiger partial charge in [0.15, 0.2) is 0 Å². The topological polar surface area (TPSA) is 81.0 Å². The Morgan fingerprint density at radius 1 is 1.21 bits per heavy atom. The molecule has 1 aromatic carbocycles. The summed E-state index contributed by atoms with van der Waals surface area (Å²) >= 11 is 0. The number of amides is 2. The summed E-state index contributed by atoms with van der Waals surface area (Å²) in [7, 11) is 1.57. The second-order valence-corrected chi connectivity index (χ2v) is 7.54. The number of carbonyl (C=O) groups excluding carboxylic acids is 2. The van der Waals surface area contributed by atoms with Gasteiger partial charge in [-0.3, -0.25) is 14.5 Å². The number of benzene rings is 1. The predicted molar refractivity (Wildman–Crippen MR) is 105 cm³/mol. The maximum absolute atomic E-state index is 13.5. The van der Waals surface area contributed by atoms with E-state index in [1.54, 1.807) is 54.7 Å². The Balaban J connectivity index is 1.59. The molecule has 29 heavy (non-hydrogen) atoms. The van der Waals surface area contributed by atoms with E-state index < -0.39 is 11.8 Å². The van der Waals surface area contributed by atoms with Gasteiger partial charge in [0.2, 0.25) is 5.91 Å². The Kier molecular flexibility index (Phi) is 5.58. The lowest BCUT2D eigenvalue weighted by molar-refractivity contribution is -0.127. The number of furan rings is 1. The Bertz CT molecular complexity index is 858. The van der Waals surface area contributed by atoms with Gasteiger partial charge in [0.1, 0.15) is 23.3 Å². The van der Waals surface area contributed by atoms with Crippen molar-refractivity contribution in [3.05, 3.63) is 54.0 Å². The summed E-state index contributed by atoms with van der Waals surface area (Å²) < 4.78 is 16.7. The fourth-order valence-corrected chi connectivity index (χ4v) is 4.27. The molecule has 2 aromatic rings. The van der Waals surface area contributed by atoms with Crippen molar-refractivity contribution in [2.75, 3.05) is 13.7 Å². The number of hydrogen-bond acceptors (Lipinski definition) is 5. The minimum atomic E-state index is -0.717. The van der Waals surface area contributed by atoms with Crippen molar-refractivity contribution in [3.63, 3.8) is 0 Å². The van der Waals surface area contributed by atoms with Crippen LogP contribution in [0.2, 0.25) is 0 Å². The third-order valence-electron chi connectivity index (χ3n) is 5.75. The van der Waals surface area contributed by atoms with E-state index in [1.807, 2.05) is 0 Å². The van der Waals surface area contributed by atoms with Crippen LogP contribution >= 0.6 is 0 Å². The molecule has 2 fully saturated rings. The summed E-state index contributed by atoms with van der Waals surface area (Å²) in [4.78, 5) is 28.2. The van der Waals surface area contributed by atoms with E-state index in [0.717, 1.165) is 32.1 Å². The molecule has 1 saturated heterocycles. The Morgan fingerprint density at radius 3 is 2.76 bits per heavy atom. The third-order valence-corrected chi connectivity index (χ3v) is 5.75. The quantitative estimate of drug-likeness (QED) is 0.837. The highest BCUT2D eigenvalue weighted by molar-refractivity contribution is 5.98. The van der Waals surface area contributed by atoms with Crippen LogP contribution in [0.25, 0.3) is 0 Å². The SMILES string of the molecule is COc1cccc(C(=O)N2C(C(=O)NCc3ccco3)COC23CCCCC3)c1. The van der Waals surface area contributed by atoms with Crippen LogP contribution in [0.1, 0.15) is 48.2 Å². The molecular weight excluding hydrogens is 372 g/mol. The fourth-order valence-electron chi connectivity index (χ4n) is 4.27. The van der Waals surface area contributed by atoms with Crippen LogP contribution in [-0.2, 0) is 16.1 Å². The standard InChI is InChI=1S/C22H26N2O5/c1-27-17-8-5-7-16(13-17)21(26)24-19(15-29-22(24)10-3-2-4-11-22)20(25)23-14-18-9-6-12-28-18/h5-9,12-13,19H,2-4,10-11,14-15H2,1H3,(H,23,25). The highest BCUT2D eigenvalue weighted by Crippen LogP contribution is 2.41. The van der Waals surface area contributed by atoms with Crippen molar-refractivity contribution in [3.8, 4) is 5.75 Å². The molecule has 1 N–H and O–H groups in total. The molecule has 2 amide bonds. The summed E-state index contributed by atoms with van der Waals surface area (Å²) in [6, 6.07) is 9.92. The Labute approximate surface area is 170 Å². The number of ether oxygens (including phenoxy) is 2. The lowest BCUT2D eigenvalue weighted by Crippen LogP contribution is -2.56. The summed E-state index contributed by atoms with van der Waals surface area (Å²) in [5.74, 6) is 0.823. The molecule has 1 aliphatic heterocycles. The summed E-state index contributed by atoms with van der Waals surface area (Å²) in [5.41, 5.74) is -0.228. The normalized spacial score (nSPS) is 20.6. The second-order valence-electron chi connectivity index (χ2n) is 7.54. The van der Waals surface area contributed by atoms with Crippen LogP contribution in [0.3, 0.4) is 0 Å². The molecule has 1 saturated carbocycles. The summed E-state index contributed by atoms with van der Waals surface area (Å²) in [6.45, 7) is 0.468. The van der Waals surface area contributed by atoms with Crippen LogP contribution in [0.15, 0.2) is 47.1 Å². The van der Waals surface area contributed by atoms with Gasteiger partial charge in [-0.05, 0) is 56.0 Å². The zero-order valence-electron chi connectivity index (χ0n) is 16.6. The number of rotatable bonds is 5. The molecule has 7 nitrogen and oxygen atoms in total. The van der Waals surface area contributed by atoms with Gasteiger partial charge < -0.3 is 19.2 Å². The average Bonchev–Trinajstić information content (AvgIpc) is 3.40. The minimum Gasteiger partial charge on any atom is -0.497 e. The summed E-state index contributed by atoms with van der Waals surface area (Å²) in [6.07, 6.45) is 6.11. The maximum Gasteiger partial charge on any atom is 0.257 e. The van der Waals surface area contributed by atoms with Crippen LogP contribution in [0.4, 0.5) is 0 Å². The van der Waals surface area contributed by atoms with Gasteiger partial charge in [-0.1, -0.05) is 12.5 Å². The highest BCUT2D eigenvalue weighted by Gasteiger charge is 2.52. The Morgan fingerprint density at radius 2 is 2.03 bits per heavy atom. The van der Waals surface area contributed by atoms with Crippen LogP contribution < -0.4 is 10.1 Å². The van der Waals surface area contributed by atoms with Crippen LogP contribution in [0, 0.1) is 0 Å². The highest BCUT2D eigenvalue weighted by atomic mass is 16.5. The third kappa shape index (κ3) is 3.87. The number of carbonyl (C=O) groups is 2. The first-order chi connectivity index (χ1) is 14.1. The average molecular weight is 398 g/mol. The number of nitrogens with zero attached hydrogens (tertiary/aromatic N) is 1. The van der Waals surface area contributed by atoms with E-state index >= 15 is 0 Å². The smallest absolute Gasteiger partial charge is 0.257 e. The van der Waals surface area contributed by atoms with Gasteiger partial charge in [-0.25, -0.2) is 0 Å². The minimum absolute atomic E-state index is 0.194. The zero-order valence-corrected chi connectivity index (χ0v) is 16.6. The first-order valence-corrected chi connectivity index (χ1v) is 10.0. The van der Waals surface area contributed by atoms with Crippen LogP contribution in [0.5, 0.6) is 5.75 Å². The molecule has 0 radical (unpaired) electrons. The second kappa shape index (κ2) is 8.29. The molecule has 1 unspecified atom stereocenters. The number of nitrogens with one attached hydrogen (secondary N) is 1. The molecule has 0 bridgehead atoms. The molecule has 1 spiro atoms. The van der Waals surface area contributed by atoms with Gasteiger partial charge >= 0.3 is 0 Å². The lowest BCUT2D eigenvalue weighted by Gasteiger charge is -2.41. The van der Waals surface area contributed by atoms with Crippen molar-refractivity contribution >= 4 is 11.8 Å². The van der Waals surface area contributed by atoms with Gasteiger partial charge in [0.25, 0.3) is 5.91 Å². The monoisotopic (exact) mass is 398 g/mol. The van der Waals surface area contributed by atoms with Gasteiger partial charge in [0.05, 0.1) is 26.5 Å². The van der Waals surface area contributed by atoms with Crippen molar-refractivity contribution in [2.24, 2.45) is 0 Å². The van der Waals surface area contributed by atoms with Crippen LogP contribution in [-0.4, -0.2) is 42.2 Å².